The molecule has 0 N–H and O–H groups in total. The Morgan fingerprint density at radius 2 is 1.89 bits per heavy atom. The topological polar surface area (TPSA) is 69.7 Å². The van der Waals surface area contributed by atoms with E-state index in [0.29, 0.717) is 23.5 Å². The molecule has 2 bridgehead atoms. The van der Waals surface area contributed by atoms with Crippen LogP contribution in [0.2, 0.25) is 0 Å². The summed E-state index contributed by atoms with van der Waals surface area (Å²) in [5.74, 6) is 0.125. The largest absolute Gasteiger partial charge is 0.497 e. The molecule has 0 aromatic heterocycles. The van der Waals surface area contributed by atoms with Gasteiger partial charge in [0.05, 0.1) is 17.4 Å². The van der Waals surface area contributed by atoms with Gasteiger partial charge in [0.25, 0.3) is 0 Å². The summed E-state index contributed by atoms with van der Waals surface area (Å²) in [6.45, 7) is 0. The third-order valence-electron chi connectivity index (χ3n) is 6.74. The van der Waals surface area contributed by atoms with Crippen LogP contribution >= 0.6 is 0 Å². The number of carbonyl (C=O) groups excluding carboxylic acids is 1. The van der Waals surface area contributed by atoms with E-state index in [2.05, 4.69) is 0 Å². The standard InChI is InChI=1S/C22H22O5S/c1-26-14-10-11-16-18(13-14)22-12-6-5-9-17(22)20(19(16)27-21(22)23)28(24,25)15-7-3-2-4-8-15/h2-4,7-8,10-11,13,17,19-20H,5-6,9,12H2,1H3/t17-,19-,20-,22-/m0/s1. The predicted molar refractivity (Wildman–Crippen MR) is 103 cm³/mol. The quantitative estimate of drug-likeness (QED) is 0.739. The normalized spacial score (nSPS) is 30.9. The molecule has 6 rings (SSSR count). The molecule has 0 amide bonds. The lowest BCUT2D eigenvalue weighted by molar-refractivity contribution is -0.175. The highest BCUT2D eigenvalue weighted by Crippen LogP contribution is 2.61. The number of carbonyl (C=O) groups is 1. The Kier molecular flexibility index (Phi) is 3.85. The number of hydrogen-bond donors (Lipinski definition) is 0. The zero-order chi connectivity index (χ0) is 19.5. The fourth-order valence-corrected chi connectivity index (χ4v) is 7.70. The summed E-state index contributed by atoms with van der Waals surface area (Å²) in [4.78, 5) is 13.4. The van der Waals surface area contributed by atoms with Crippen molar-refractivity contribution in [3.63, 3.8) is 0 Å². The van der Waals surface area contributed by atoms with Crippen molar-refractivity contribution in [3.05, 3.63) is 59.7 Å². The molecule has 4 aliphatic rings. The summed E-state index contributed by atoms with van der Waals surface area (Å²) in [6.07, 6.45) is 2.35. The van der Waals surface area contributed by atoms with Crippen molar-refractivity contribution < 1.29 is 22.7 Å². The molecular formula is C22H22O5S. The molecule has 2 aliphatic carbocycles. The van der Waals surface area contributed by atoms with E-state index in [9.17, 15) is 13.2 Å². The van der Waals surface area contributed by atoms with Crippen molar-refractivity contribution >= 4 is 15.8 Å². The van der Waals surface area contributed by atoms with E-state index < -0.39 is 26.6 Å². The van der Waals surface area contributed by atoms with E-state index in [1.165, 1.54) is 0 Å². The first-order chi connectivity index (χ1) is 13.5. The Morgan fingerprint density at radius 3 is 2.64 bits per heavy atom. The minimum absolute atomic E-state index is 0.275. The maximum atomic E-state index is 13.7. The second kappa shape index (κ2) is 6.08. The van der Waals surface area contributed by atoms with Gasteiger partial charge >= 0.3 is 5.97 Å². The van der Waals surface area contributed by atoms with E-state index in [1.807, 2.05) is 18.2 Å². The Labute approximate surface area is 164 Å². The van der Waals surface area contributed by atoms with Gasteiger partial charge in [-0.15, -0.1) is 0 Å². The molecule has 5 nitrogen and oxygen atoms in total. The summed E-state index contributed by atoms with van der Waals surface area (Å²) >= 11 is 0. The van der Waals surface area contributed by atoms with Crippen LogP contribution in [0.25, 0.3) is 0 Å². The number of benzene rings is 2. The first-order valence-corrected chi connectivity index (χ1v) is 11.2. The molecule has 28 heavy (non-hydrogen) atoms. The van der Waals surface area contributed by atoms with Crippen LogP contribution in [-0.2, 0) is 24.8 Å². The van der Waals surface area contributed by atoms with Gasteiger partial charge in [-0.2, -0.15) is 0 Å². The fraction of sp³-hybridized carbons (Fsp3) is 0.409. The summed E-state index contributed by atoms with van der Waals surface area (Å²) in [7, 11) is -2.06. The van der Waals surface area contributed by atoms with Gasteiger partial charge in [0.15, 0.2) is 9.84 Å². The second-order valence-corrected chi connectivity index (χ2v) is 10.0. The lowest BCUT2D eigenvalue weighted by Crippen LogP contribution is -2.63. The van der Waals surface area contributed by atoms with Crippen molar-refractivity contribution in [1.29, 1.82) is 0 Å². The Morgan fingerprint density at radius 1 is 1.11 bits per heavy atom. The molecule has 1 spiro atoms. The van der Waals surface area contributed by atoms with Crippen molar-refractivity contribution in [2.45, 2.75) is 47.3 Å². The molecule has 0 radical (unpaired) electrons. The van der Waals surface area contributed by atoms with Crippen LogP contribution in [0.5, 0.6) is 5.75 Å². The number of sulfone groups is 1. The van der Waals surface area contributed by atoms with Gasteiger partial charge in [0, 0.05) is 5.92 Å². The Hall–Kier alpha value is -2.34. The Bertz CT molecular complexity index is 1050. The van der Waals surface area contributed by atoms with Gasteiger partial charge in [-0.05, 0) is 48.2 Å². The SMILES string of the molecule is COc1ccc2c(c1)[C@]13CCCC[C@H]1[C@H](S(=O)(=O)c1ccccc1)[C@H]2OC3=O. The molecular weight excluding hydrogens is 376 g/mol. The molecule has 2 fully saturated rings. The van der Waals surface area contributed by atoms with E-state index >= 15 is 0 Å². The van der Waals surface area contributed by atoms with Crippen LogP contribution in [-0.4, -0.2) is 26.7 Å². The maximum absolute atomic E-state index is 13.7. The average Bonchev–Trinajstić information content (AvgIpc) is 2.73. The first kappa shape index (κ1) is 17.7. The van der Waals surface area contributed by atoms with Crippen molar-refractivity contribution in [3.8, 4) is 5.75 Å². The van der Waals surface area contributed by atoms with Crippen LogP contribution in [0.3, 0.4) is 0 Å². The molecule has 1 saturated carbocycles. The number of ether oxygens (including phenoxy) is 2. The molecule has 2 aromatic rings. The zero-order valence-electron chi connectivity index (χ0n) is 15.6. The highest BCUT2D eigenvalue weighted by molar-refractivity contribution is 7.92. The third-order valence-corrected chi connectivity index (χ3v) is 8.96. The van der Waals surface area contributed by atoms with Crippen LogP contribution in [0.15, 0.2) is 53.4 Å². The minimum atomic E-state index is -3.66. The average molecular weight is 398 g/mol. The maximum Gasteiger partial charge on any atom is 0.317 e. The summed E-state index contributed by atoms with van der Waals surface area (Å²) < 4.78 is 38.5. The second-order valence-electron chi connectivity index (χ2n) is 7.93. The monoisotopic (exact) mass is 398 g/mol. The number of rotatable bonds is 3. The van der Waals surface area contributed by atoms with Gasteiger partial charge in [0.1, 0.15) is 17.1 Å². The molecule has 4 atom stereocenters. The number of fused-ring (bicyclic) bond motifs is 1. The van der Waals surface area contributed by atoms with E-state index in [4.69, 9.17) is 9.47 Å². The zero-order valence-corrected chi connectivity index (χ0v) is 16.4. The van der Waals surface area contributed by atoms with E-state index in [0.717, 1.165) is 24.0 Å². The smallest absolute Gasteiger partial charge is 0.317 e. The van der Waals surface area contributed by atoms with Gasteiger partial charge in [0.2, 0.25) is 0 Å². The molecule has 2 aliphatic heterocycles. The number of esters is 1. The lowest BCUT2D eigenvalue weighted by atomic mass is 9.54. The molecule has 1 saturated heterocycles. The lowest BCUT2D eigenvalue weighted by Gasteiger charge is -2.56. The summed E-state index contributed by atoms with van der Waals surface area (Å²) in [5.41, 5.74) is 0.809. The van der Waals surface area contributed by atoms with Gasteiger partial charge < -0.3 is 9.47 Å². The number of hydrogen-bond acceptors (Lipinski definition) is 5. The fourth-order valence-electron chi connectivity index (χ4n) is 5.52. The highest BCUT2D eigenvalue weighted by Gasteiger charge is 2.66. The molecule has 2 aromatic carbocycles. The predicted octanol–water partition coefficient (Wildman–Crippen LogP) is 3.58. The molecule has 0 unspecified atom stereocenters. The van der Waals surface area contributed by atoms with Crippen LogP contribution < -0.4 is 4.74 Å². The van der Waals surface area contributed by atoms with Crippen molar-refractivity contribution in [2.24, 2.45) is 5.92 Å². The number of methoxy groups -OCH3 is 1. The van der Waals surface area contributed by atoms with E-state index in [-0.39, 0.29) is 11.9 Å². The van der Waals surface area contributed by atoms with E-state index in [1.54, 1.807) is 37.4 Å². The molecule has 146 valence electrons. The third kappa shape index (κ3) is 2.18. The first-order valence-electron chi connectivity index (χ1n) is 9.68. The molecule has 2 heterocycles. The van der Waals surface area contributed by atoms with Gasteiger partial charge in [-0.1, -0.05) is 37.1 Å². The highest BCUT2D eigenvalue weighted by atomic mass is 32.2. The van der Waals surface area contributed by atoms with Crippen molar-refractivity contribution in [1.82, 2.24) is 0 Å². The van der Waals surface area contributed by atoms with Crippen LogP contribution in [0.4, 0.5) is 0 Å². The Balaban J connectivity index is 1.75. The van der Waals surface area contributed by atoms with Gasteiger partial charge in [-0.25, -0.2) is 8.42 Å². The van der Waals surface area contributed by atoms with Gasteiger partial charge in [-0.3, -0.25) is 4.79 Å². The van der Waals surface area contributed by atoms with Crippen LogP contribution in [0.1, 0.15) is 42.9 Å². The summed E-state index contributed by atoms with van der Waals surface area (Å²) in [5, 5.41) is -0.756. The summed E-state index contributed by atoms with van der Waals surface area (Å²) in [6, 6.07) is 14.1. The molecule has 6 heteroatoms. The minimum Gasteiger partial charge on any atom is -0.497 e. The van der Waals surface area contributed by atoms with Crippen LogP contribution in [0, 0.1) is 5.92 Å². The van der Waals surface area contributed by atoms with Crippen molar-refractivity contribution in [2.75, 3.05) is 7.11 Å².